The molecule has 0 spiro atoms. The van der Waals surface area contributed by atoms with Gasteiger partial charge in [0.1, 0.15) is 5.70 Å². The zero-order chi connectivity index (χ0) is 21.4. The first-order chi connectivity index (χ1) is 13.8. The first-order valence-electron chi connectivity index (χ1n) is 8.81. The van der Waals surface area contributed by atoms with Gasteiger partial charge < -0.3 is 9.64 Å². The lowest BCUT2D eigenvalue weighted by molar-refractivity contribution is -0.135. The van der Waals surface area contributed by atoms with Crippen LogP contribution in [-0.2, 0) is 20.9 Å². The summed E-state index contributed by atoms with van der Waals surface area (Å²) in [5, 5.41) is 0. The van der Waals surface area contributed by atoms with Gasteiger partial charge in [-0.3, -0.25) is 14.5 Å². The van der Waals surface area contributed by atoms with Crippen LogP contribution >= 0.6 is 0 Å². The molecule has 0 radical (unpaired) electrons. The van der Waals surface area contributed by atoms with Gasteiger partial charge in [0.05, 0.1) is 19.7 Å². The Morgan fingerprint density at radius 1 is 0.897 bits per heavy atom. The van der Waals surface area contributed by atoms with Crippen LogP contribution in [0, 0.1) is 0 Å². The molecular weight excluding hydrogens is 372 g/mol. The van der Waals surface area contributed by atoms with Crippen molar-refractivity contribution in [3.05, 3.63) is 83.6 Å². The first kappa shape index (κ1) is 21.6. The average Bonchev–Trinajstić information content (AvgIpc) is 2.75. The summed E-state index contributed by atoms with van der Waals surface area (Å²) in [5.74, 6) is -2.66. The standard InChI is InChI=1S/C22H22N2O5/c1-23(2)22(28)24(15-16-10-6-4-7-11-16)18(14-19(25)29-3)21(27)20(26)17-12-8-5-9-13-17/h4-14H,15H2,1-3H3/b18-14-. The molecule has 29 heavy (non-hydrogen) atoms. The molecule has 0 atom stereocenters. The molecule has 2 aromatic rings. The summed E-state index contributed by atoms with van der Waals surface area (Å²) < 4.78 is 4.63. The summed E-state index contributed by atoms with van der Waals surface area (Å²) >= 11 is 0. The van der Waals surface area contributed by atoms with Crippen molar-refractivity contribution < 1.29 is 23.9 Å². The van der Waals surface area contributed by atoms with E-state index in [0.717, 1.165) is 23.6 Å². The van der Waals surface area contributed by atoms with Crippen molar-refractivity contribution in [2.45, 2.75) is 6.54 Å². The van der Waals surface area contributed by atoms with Crippen molar-refractivity contribution in [3.63, 3.8) is 0 Å². The number of rotatable bonds is 7. The Morgan fingerprint density at radius 2 is 1.45 bits per heavy atom. The zero-order valence-corrected chi connectivity index (χ0v) is 16.5. The lowest BCUT2D eigenvalue weighted by Crippen LogP contribution is -2.42. The fraction of sp³-hybridized carbons (Fsp3) is 0.182. The van der Waals surface area contributed by atoms with E-state index in [0.29, 0.717) is 0 Å². The average molecular weight is 394 g/mol. The Hall–Kier alpha value is -3.74. The van der Waals surface area contributed by atoms with Crippen molar-refractivity contribution in [2.24, 2.45) is 0 Å². The number of methoxy groups -OCH3 is 1. The van der Waals surface area contributed by atoms with E-state index < -0.39 is 23.6 Å². The molecule has 2 aromatic carbocycles. The summed E-state index contributed by atoms with van der Waals surface area (Å²) in [6.45, 7) is -0.00547. The van der Waals surface area contributed by atoms with Crippen LogP contribution in [-0.4, -0.2) is 54.6 Å². The van der Waals surface area contributed by atoms with E-state index in [-0.39, 0.29) is 17.8 Å². The van der Waals surface area contributed by atoms with Gasteiger partial charge in [-0.2, -0.15) is 0 Å². The number of benzene rings is 2. The molecule has 7 nitrogen and oxygen atoms in total. The Bertz CT molecular complexity index is 921. The van der Waals surface area contributed by atoms with Crippen molar-refractivity contribution in [2.75, 3.05) is 21.2 Å². The van der Waals surface area contributed by atoms with Crippen molar-refractivity contribution in [1.29, 1.82) is 0 Å². The molecule has 0 saturated carbocycles. The van der Waals surface area contributed by atoms with E-state index in [4.69, 9.17) is 0 Å². The largest absolute Gasteiger partial charge is 0.466 e. The van der Waals surface area contributed by atoms with Gasteiger partial charge in [-0.05, 0) is 5.56 Å². The highest BCUT2D eigenvalue weighted by Crippen LogP contribution is 2.17. The minimum atomic E-state index is -0.979. The van der Waals surface area contributed by atoms with Crippen LogP contribution in [0.1, 0.15) is 15.9 Å². The highest BCUT2D eigenvalue weighted by atomic mass is 16.5. The van der Waals surface area contributed by atoms with Gasteiger partial charge in [-0.25, -0.2) is 9.59 Å². The molecule has 0 aliphatic rings. The first-order valence-corrected chi connectivity index (χ1v) is 8.81. The normalized spacial score (nSPS) is 10.8. The third kappa shape index (κ3) is 5.62. The Balaban J connectivity index is 2.51. The van der Waals surface area contributed by atoms with Crippen LogP contribution < -0.4 is 0 Å². The molecule has 2 amide bonds. The van der Waals surface area contributed by atoms with E-state index in [1.165, 1.54) is 31.1 Å². The molecule has 0 saturated heterocycles. The fourth-order valence-corrected chi connectivity index (χ4v) is 2.54. The smallest absolute Gasteiger partial charge is 0.332 e. The number of carbonyl (C=O) groups excluding carboxylic acids is 4. The van der Waals surface area contributed by atoms with E-state index in [2.05, 4.69) is 4.74 Å². The van der Waals surface area contributed by atoms with Gasteiger partial charge in [-0.15, -0.1) is 0 Å². The molecule has 0 bridgehead atoms. The lowest BCUT2D eigenvalue weighted by Gasteiger charge is -2.27. The van der Waals surface area contributed by atoms with Crippen LogP contribution in [0.3, 0.4) is 0 Å². The number of allylic oxidation sites excluding steroid dienone is 1. The number of nitrogens with zero attached hydrogens (tertiary/aromatic N) is 2. The molecule has 150 valence electrons. The van der Waals surface area contributed by atoms with E-state index in [1.54, 1.807) is 42.5 Å². The summed E-state index contributed by atoms with van der Waals surface area (Å²) in [6.07, 6.45) is 0.869. The van der Waals surface area contributed by atoms with Crippen LogP contribution in [0.4, 0.5) is 4.79 Å². The molecule has 0 N–H and O–H groups in total. The predicted octanol–water partition coefficient (Wildman–Crippen LogP) is 2.68. The number of ether oxygens (including phenoxy) is 1. The second-order valence-electron chi connectivity index (χ2n) is 6.33. The Morgan fingerprint density at radius 3 is 1.97 bits per heavy atom. The van der Waals surface area contributed by atoms with Gasteiger partial charge in [0.2, 0.25) is 11.6 Å². The highest BCUT2D eigenvalue weighted by molar-refractivity contribution is 6.49. The van der Waals surface area contributed by atoms with Crippen molar-refractivity contribution in [3.8, 4) is 0 Å². The summed E-state index contributed by atoms with van der Waals surface area (Å²) in [5.41, 5.74) is 0.525. The van der Waals surface area contributed by atoms with Crippen LogP contribution in [0.5, 0.6) is 0 Å². The molecule has 0 heterocycles. The van der Waals surface area contributed by atoms with E-state index in [1.807, 2.05) is 6.07 Å². The van der Waals surface area contributed by atoms with Crippen molar-refractivity contribution >= 4 is 23.6 Å². The molecule has 0 aliphatic heterocycles. The number of amides is 2. The van der Waals surface area contributed by atoms with Gasteiger partial charge >= 0.3 is 12.0 Å². The highest BCUT2D eigenvalue weighted by Gasteiger charge is 2.30. The maximum Gasteiger partial charge on any atom is 0.332 e. The van der Waals surface area contributed by atoms with Gasteiger partial charge in [-0.1, -0.05) is 60.7 Å². The summed E-state index contributed by atoms with van der Waals surface area (Å²) in [7, 11) is 4.18. The monoisotopic (exact) mass is 394 g/mol. The number of hydrogen-bond acceptors (Lipinski definition) is 5. The third-order valence-electron chi connectivity index (χ3n) is 4.02. The SMILES string of the molecule is COC(=O)/C=C(/C(=O)C(=O)c1ccccc1)N(Cc1ccccc1)C(=O)N(C)C. The quantitative estimate of drug-likeness (QED) is 0.312. The second-order valence-corrected chi connectivity index (χ2v) is 6.33. The second kappa shape index (κ2) is 9.98. The van der Waals surface area contributed by atoms with Gasteiger partial charge in [0.25, 0.3) is 0 Å². The zero-order valence-electron chi connectivity index (χ0n) is 16.5. The van der Waals surface area contributed by atoms with E-state index >= 15 is 0 Å². The number of carbonyl (C=O) groups is 4. The Labute approximate surface area is 169 Å². The van der Waals surface area contributed by atoms with Crippen LogP contribution in [0.15, 0.2) is 72.4 Å². The maximum atomic E-state index is 13.0. The van der Waals surface area contributed by atoms with Gasteiger partial charge in [0, 0.05) is 19.7 Å². The summed E-state index contributed by atoms with van der Waals surface area (Å²) in [6, 6.07) is 16.3. The van der Waals surface area contributed by atoms with Crippen molar-refractivity contribution in [1.82, 2.24) is 9.80 Å². The lowest BCUT2D eigenvalue weighted by atomic mass is 10.0. The summed E-state index contributed by atoms with van der Waals surface area (Å²) in [4.78, 5) is 52.8. The molecule has 0 unspecified atom stereocenters. The molecule has 7 heteroatoms. The predicted molar refractivity (Wildman–Crippen MR) is 107 cm³/mol. The third-order valence-corrected chi connectivity index (χ3v) is 4.02. The topological polar surface area (TPSA) is 84.0 Å². The number of Topliss-reactive ketones (excluding diaryl/α,β-unsaturated/α-hetero) is 2. The number of ketones is 2. The number of esters is 1. The van der Waals surface area contributed by atoms with Crippen LogP contribution in [0.25, 0.3) is 0 Å². The Kier molecular flexibility index (Phi) is 7.42. The molecule has 0 aliphatic carbocycles. The minimum Gasteiger partial charge on any atom is -0.466 e. The fourth-order valence-electron chi connectivity index (χ4n) is 2.54. The van der Waals surface area contributed by atoms with Gasteiger partial charge in [0.15, 0.2) is 0 Å². The molecular formula is C22H22N2O5. The number of hydrogen-bond donors (Lipinski definition) is 0. The van der Waals surface area contributed by atoms with Crippen LogP contribution in [0.2, 0.25) is 0 Å². The maximum absolute atomic E-state index is 13.0. The molecule has 0 fully saturated rings. The molecule has 2 rings (SSSR count). The molecule has 0 aromatic heterocycles. The van der Waals surface area contributed by atoms with E-state index in [9.17, 15) is 19.2 Å². The minimum absolute atomic E-state index is 0.00547. The number of urea groups is 1.